The molecule has 1 spiro atoms. The molecule has 2 aliphatic rings. The van der Waals surface area contributed by atoms with Gasteiger partial charge < -0.3 is 0 Å². The maximum atomic E-state index is 2.60. The molecule has 97 heavy (non-hydrogen) atoms. The van der Waals surface area contributed by atoms with Crippen molar-refractivity contribution in [2.45, 2.75) is 5.41 Å². The Kier molecular flexibility index (Phi) is 10.8. The van der Waals surface area contributed by atoms with Crippen LogP contribution in [-0.4, -0.2) is 0 Å². The zero-order valence-corrected chi connectivity index (χ0v) is 52.8. The van der Waals surface area contributed by atoms with Gasteiger partial charge in [0.05, 0.1) is 5.41 Å². The zero-order chi connectivity index (χ0) is 63.2. The van der Waals surface area contributed by atoms with Gasteiger partial charge in [-0.25, -0.2) is 0 Å². The highest BCUT2D eigenvalue weighted by atomic mass is 14.5. The third-order valence-electron chi connectivity index (χ3n) is 22.3. The van der Waals surface area contributed by atoms with E-state index in [9.17, 15) is 0 Å². The van der Waals surface area contributed by atoms with Crippen LogP contribution in [0.5, 0.6) is 0 Å². The molecule has 0 heteroatoms. The monoisotopic (exact) mass is 1220 g/mol. The molecule has 20 aromatic carbocycles. The molecule has 22 rings (SSSR count). The maximum Gasteiger partial charge on any atom is 0.0726 e. The molecule has 0 fully saturated rings. The summed E-state index contributed by atoms with van der Waals surface area (Å²) < 4.78 is 0. The molecule has 0 unspecified atom stereocenters. The topological polar surface area (TPSA) is 0 Å². The van der Waals surface area contributed by atoms with Crippen molar-refractivity contribution in [2.24, 2.45) is 0 Å². The Morgan fingerprint density at radius 1 is 0.124 bits per heavy atom. The predicted molar refractivity (Wildman–Crippen MR) is 415 cm³/mol. The minimum absolute atomic E-state index is 0.772. The zero-order valence-electron chi connectivity index (χ0n) is 52.8. The van der Waals surface area contributed by atoms with Crippen LogP contribution in [0.2, 0.25) is 0 Å². The number of rotatable bonds is 4. The van der Waals surface area contributed by atoms with Crippen molar-refractivity contribution in [3.05, 3.63) is 362 Å². The molecule has 0 aliphatic heterocycles. The minimum Gasteiger partial charge on any atom is -0.0616 e. The van der Waals surface area contributed by atoms with Crippen molar-refractivity contribution in [1.29, 1.82) is 0 Å². The number of benzene rings is 20. The summed E-state index contributed by atoms with van der Waals surface area (Å²) in [5.74, 6) is 0. The molecule has 20 aromatic rings. The highest BCUT2D eigenvalue weighted by Gasteiger charge is 2.52. The summed E-state index contributed by atoms with van der Waals surface area (Å²) in [6.07, 6.45) is 0. The second-order valence-corrected chi connectivity index (χ2v) is 27.5. The quantitative estimate of drug-likeness (QED) is 0.154. The van der Waals surface area contributed by atoms with Gasteiger partial charge in [0.1, 0.15) is 0 Å². The Morgan fingerprint density at radius 3 is 0.526 bits per heavy atom. The van der Waals surface area contributed by atoms with Gasteiger partial charge in [-0.1, -0.05) is 218 Å². The SMILES string of the molecule is c1ccc2cc3cc4c(-c5ccc6c(c5)C5(c7cc(-c8cccc9cc%10cc%11ccccc%11cc%10cc89)ccc7-6)c6cc(-c7cccc8cc9cc%10ccccc%10cc9cc78)ccc6-c6ccc(-c7cccc8cc9cc%10ccccc%10cc9cc78)cc65)cccc4cc3cc2c1. The van der Waals surface area contributed by atoms with E-state index in [1.807, 2.05) is 0 Å². The molecule has 2 aliphatic carbocycles. The normalized spacial score (nSPS) is 13.0. The van der Waals surface area contributed by atoms with Gasteiger partial charge in [-0.2, -0.15) is 0 Å². The third-order valence-corrected chi connectivity index (χ3v) is 22.3. The second-order valence-electron chi connectivity index (χ2n) is 27.5. The van der Waals surface area contributed by atoms with Crippen LogP contribution in [0, 0.1) is 0 Å². The lowest BCUT2D eigenvalue weighted by atomic mass is 9.69. The molecule has 444 valence electrons. The molecular formula is C97H56. The summed E-state index contributed by atoms with van der Waals surface area (Å²) in [7, 11) is 0. The lowest BCUT2D eigenvalue weighted by molar-refractivity contribution is 0.795. The van der Waals surface area contributed by atoms with Gasteiger partial charge in [-0.3, -0.25) is 0 Å². The van der Waals surface area contributed by atoms with E-state index < -0.39 is 5.41 Å². The summed E-state index contributed by atoms with van der Waals surface area (Å²) in [6.45, 7) is 0. The summed E-state index contributed by atoms with van der Waals surface area (Å²) in [6, 6.07) is 131. The van der Waals surface area contributed by atoms with Crippen LogP contribution in [0.25, 0.3) is 196 Å². The first-order valence-electron chi connectivity index (χ1n) is 34.0. The first kappa shape index (κ1) is 53.0. The van der Waals surface area contributed by atoms with Gasteiger partial charge in [-0.05, 0) is 340 Å². The molecule has 0 nitrogen and oxygen atoms in total. The molecular weight excluding hydrogens is 1170 g/mol. The average Bonchev–Trinajstić information content (AvgIpc) is 1.50. The molecule has 0 aromatic heterocycles. The van der Waals surface area contributed by atoms with Crippen LogP contribution in [0.4, 0.5) is 0 Å². The lowest BCUT2D eigenvalue weighted by Crippen LogP contribution is -2.26. The molecule has 0 amide bonds. The Labute approximate surface area is 559 Å². The van der Waals surface area contributed by atoms with Crippen molar-refractivity contribution in [3.8, 4) is 66.8 Å². The van der Waals surface area contributed by atoms with Gasteiger partial charge in [0, 0.05) is 0 Å². The van der Waals surface area contributed by atoms with Crippen molar-refractivity contribution in [1.82, 2.24) is 0 Å². The van der Waals surface area contributed by atoms with E-state index in [0.29, 0.717) is 0 Å². The molecule has 0 atom stereocenters. The van der Waals surface area contributed by atoms with Crippen molar-refractivity contribution < 1.29 is 0 Å². The van der Waals surface area contributed by atoms with E-state index in [1.165, 1.54) is 218 Å². The minimum atomic E-state index is -0.772. The Bertz CT molecular complexity index is 6100. The van der Waals surface area contributed by atoms with Crippen LogP contribution >= 0.6 is 0 Å². The van der Waals surface area contributed by atoms with E-state index >= 15 is 0 Å². The van der Waals surface area contributed by atoms with E-state index in [0.717, 1.165) is 0 Å². The van der Waals surface area contributed by atoms with Crippen molar-refractivity contribution >= 4 is 129 Å². The highest BCUT2D eigenvalue weighted by Crippen LogP contribution is 2.65. The predicted octanol–water partition coefficient (Wildman–Crippen LogP) is 26.5. The smallest absolute Gasteiger partial charge is 0.0616 e. The van der Waals surface area contributed by atoms with Crippen molar-refractivity contribution in [2.75, 3.05) is 0 Å². The molecule has 0 saturated carbocycles. The first-order valence-corrected chi connectivity index (χ1v) is 34.0. The molecule has 0 bridgehead atoms. The van der Waals surface area contributed by atoms with Crippen LogP contribution in [0.3, 0.4) is 0 Å². The Hall–Kier alpha value is -12.5. The van der Waals surface area contributed by atoms with E-state index in [-0.39, 0.29) is 0 Å². The molecule has 0 saturated heterocycles. The van der Waals surface area contributed by atoms with E-state index in [4.69, 9.17) is 0 Å². The average molecular weight is 1220 g/mol. The Morgan fingerprint density at radius 2 is 0.309 bits per heavy atom. The lowest BCUT2D eigenvalue weighted by Gasteiger charge is -2.32. The van der Waals surface area contributed by atoms with Crippen molar-refractivity contribution in [3.63, 3.8) is 0 Å². The largest absolute Gasteiger partial charge is 0.0726 e. The standard InChI is InChI=1S/C97H56/c1-5-17-61-41-77-49-89-65(45-73(77)37-57(61)13-1)21-9-25-81(89)69-29-33-85-86-34-30-70(82-26-10-22-66-46-74-38-58-14-2-6-18-62(58)42-78(74)50-90(66)82)54-94(86)97(93(85)53-69)95-55-71(83-27-11-23-67-47-75-39-59-15-3-7-19-63(59)43-79(75)51-91(67)83)31-35-87(95)88-36-32-72(56-96(88)97)84-28-12-24-68-48-76-40-60-16-4-8-20-64(60)44-80(76)52-92(68)84/h1-56H. The van der Waals surface area contributed by atoms with Gasteiger partial charge in [0.25, 0.3) is 0 Å². The molecule has 0 N–H and O–H groups in total. The first-order chi connectivity index (χ1) is 47.9. The third kappa shape index (κ3) is 7.76. The molecule has 0 radical (unpaired) electrons. The molecule has 0 heterocycles. The Balaban J connectivity index is 0.827. The van der Waals surface area contributed by atoms with Crippen LogP contribution in [0.15, 0.2) is 340 Å². The van der Waals surface area contributed by atoms with Crippen LogP contribution < -0.4 is 0 Å². The number of hydrogen-bond acceptors (Lipinski definition) is 0. The van der Waals surface area contributed by atoms with Gasteiger partial charge in [0.15, 0.2) is 0 Å². The summed E-state index contributed by atoms with van der Waals surface area (Å²) in [5, 5.41) is 30.0. The van der Waals surface area contributed by atoms with Gasteiger partial charge >= 0.3 is 0 Å². The maximum absolute atomic E-state index is 2.60. The fourth-order valence-electron chi connectivity index (χ4n) is 17.8. The fraction of sp³-hybridized carbons (Fsp3) is 0.0103. The summed E-state index contributed by atoms with van der Waals surface area (Å²) in [5.41, 5.74) is 19.2. The summed E-state index contributed by atoms with van der Waals surface area (Å²) >= 11 is 0. The van der Waals surface area contributed by atoms with Gasteiger partial charge in [-0.15, -0.1) is 0 Å². The highest BCUT2D eigenvalue weighted by molar-refractivity contribution is 6.15. The fourth-order valence-corrected chi connectivity index (χ4v) is 17.8. The number of hydrogen-bond donors (Lipinski definition) is 0. The van der Waals surface area contributed by atoms with E-state index in [1.54, 1.807) is 0 Å². The van der Waals surface area contributed by atoms with Gasteiger partial charge in [0.2, 0.25) is 0 Å². The number of fused-ring (bicyclic) bond motifs is 22. The van der Waals surface area contributed by atoms with Crippen LogP contribution in [0.1, 0.15) is 22.3 Å². The van der Waals surface area contributed by atoms with Crippen LogP contribution in [-0.2, 0) is 5.41 Å². The summed E-state index contributed by atoms with van der Waals surface area (Å²) in [4.78, 5) is 0. The van der Waals surface area contributed by atoms with E-state index in [2.05, 4.69) is 340 Å². The second kappa shape index (κ2) is 19.8.